The lowest BCUT2D eigenvalue weighted by molar-refractivity contribution is -0.115. The van der Waals surface area contributed by atoms with E-state index in [0.717, 1.165) is 17.7 Å². The Morgan fingerprint density at radius 3 is 2.65 bits per heavy atom. The molecular formula is C16H15Cl2NO. The first-order valence-electron chi connectivity index (χ1n) is 6.41. The SMILES string of the molecule is CCc1cccc(NC(=O)Cc2ccc(Cl)cc2Cl)c1. The maximum atomic E-state index is 12.0. The highest BCUT2D eigenvalue weighted by Gasteiger charge is 2.08. The average Bonchev–Trinajstić information content (AvgIpc) is 2.42. The number of aryl methyl sites for hydroxylation is 1. The molecule has 104 valence electrons. The van der Waals surface area contributed by atoms with E-state index in [1.807, 2.05) is 24.3 Å². The van der Waals surface area contributed by atoms with Crippen molar-refractivity contribution in [3.8, 4) is 0 Å². The fourth-order valence-corrected chi connectivity index (χ4v) is 2.39. The second-order valence-corrected chi connectivity index (χ2v) is 5.36. The molecule has 0 radical (unpaired) electrons. The monoisotopic (exact) mass is 307 g/mol. The molecule has 0 aliphatic heterocycles. The molecule has 2 aromatic carbocycles. The first-order valence-corrected chi connectivity index (χ1v) is 7.17. The third kappa shape index (κ3) is 3.99. The van der Waals surface area contributed by atoms with Crippen LogP contribution in [0.2, 0.25) is 10.0 Å². The molecule has 0 saturated carbocycles. The maximum absolute atomic E-state index is 12.0. The van der Waals surface area contributed by atoms with Crippen LogP contribution in [-0.2, 0) is 17.6 Å². The third-order valence-corrected chi connectivity index (χ3v) is 3.57. The molecule has 1 amide bonds. The number of carbonyl (C=O) groups is 1. The number of benzene rings is 2. The van der Waals surface area contributed by atoms with E-state index < -0.39 is 0 Å². The molecule has 4 heteroatoms. The zero-order valence-electron chi connectivity index (χ0n) is 11.1. The molecule has 1 N–H and O–H groups in total. The number of rotatable bonds is 4. The Labute approximate surface area is 128 Å². The Kier molecular flexibility index (Phi) is 5.05. The van der Waals surface area contributed by atoms with Crippen LogP contribution in [-0.4, -0.2) is 5.91 Å². The van der Waals surface area contributed by atoms with Gasteiger partial charge in [0.05, 0.1) is 6.42 Å². The van der Waals surface area contributed by atoms with Gasteiger partial charge in [-0.05, 0) is 41.8 Å². The van der Waals surface area contributed by atoms with Gasteiger partial charge in [0.1, 0.15) is 0 Å². The number of halogens is 2. The third-order valence-electron chi connectivity index (χ3n) is 2.99. The molecule has 2 aromatic rings. The van der Waals surface area contributed by atoms with Gasteiger partial charge in [-0.1, -0.05) is 48.3 Å². The molecule has 0 bridgehead atoms. The molecule has 0 aromatic heterocycles. The summed E-state index contributed by atoms with van der Waals surface area (Å²) < 4.78 is 0. The van der Waals surface area contributed by atoms with Crippen molar-refractivity contribution in [1.82, 2.24) is 0 Å². The molecular weight excluding hydrogens is 293 g/mol. The molecule has 2 nitrogen and oxygen atoms in total. The summed E-state index contributed by atoms with van der Waals surface area (Å²) in [5.41, 5.74) is 2.76. The highest BCUT2D eigenvalue weighted by atomic mass is 35.5. The van der Waals surface area contributed by atoms with Crippen LogP contribution >= 0.6 is 23.2 Å². The van der Waals surface area contributed by atoms with E-state index in [2.05, 4.69) is 12.2 Å². The number of amides is 1. The Hall–Kier alpha value is -1.51. The fourth-order valence-electron chi connectivity index (χ4n) is 1.91. The second kappa shape index (κ2) is 6.78. The lowest BCUT2D eigenvalue weighted by Gasteiger charge is -2.08. The summed E-state index contributed by atoms with van der Waals surface area (Å²) in [6, 6.07) is 13.0. The van der Waals surface area contributed by atoms with Crippen LogP contribution in [0.15, 0.2) is 42.5 Å². The van der Waals surface area contributed by atoms with E-state index in [1.54, 1.807) is 18.2 Å². The van der Waals surface area contributed by atoms with Crippen molar-refractivity contribution in [3.63, 3.8) is 0 Å². The van der Waals surface area contributed by atoms with E-state index in [-0.39, 0.29) is 12.3 Å². The van der Waals surface area contributed by atoms with Crippen LogP contribution in [0.3, 0.4) is 0 Å². The van der Waals surface area contributed by atoms with Crippen molar-refractivity contribution in [2.45, 2.75) is 19.8 Å². The lowest BCUT2D eigenvalue weighted by atomic mass is 10.1. The van der Waals surface area contributed by atoms with E-state index in [9.17, 15) is 4.79 Å². The van der Waals surface area contributed by atoms with Crippen molar-refractivity contribution in [3.05, 3.63) is 63.6 Å². The Balaban J connectivity index is 2.05. The van der Waals surface area contributed by atoms with Gasteiger partial charge in [0.15, 0.2) is 0 Å². The quantitative estimate of drug-likeness (QED) is 0.868. The minimum absolute atomic E-state index is 0.0949. The van der Waals surface area contributed by atoms with Gasteiger partial charge in [-0.25, -0.2) is 0 Å². The Morgan fingerprint density at radius 2 is 1.95 bits per heavy atom. The zero-order chi connectivity index (χ0) is 14.5. The van der Waals surface area contributed by atoms with Gasteiger partial charge >= 0.3 is 0 Å². The minimum Gasteiger partial charge on any atom is -0.326 e. The van der Waals surface area contributed by atoms with Crippen LogP contribution < -0.4 is 5.32 Å². The van der Waals surface area contributed by atoms with Crippen molar-refractivity contribution in [2.24, 2.45) is 0 Å². The number of nitrogens with one attached hydrogen (secondary N) is 1. The number of hydrogen-bond donors (Lipinski definition) is 1. The summed E-state index contributed by atoms with van der Waals surface area (Å²) >= 11 is 11.9. The molecule has 20 heavy (non-hydrogen) atoms. The number of carbonyl (C=O) groups excluding carboxylic acids is 1. The van der Waals surface area contributed by atoms with Crippen molar-refractivity contribution < 1.29 is 4.79 Å². The topological polar surface area (TPSA) is 29.1 Å². The van der Waals surface area contributed by atoms with E-state index in [0.29, 0.717) is 10.0 Å². The van der Waals surface area contributed by atoms with Crippen LogP contribution in [0.25, 0.3) is 0 Å². The van der Waals surface area contributed by atoms with Gasteiger partial charge in [0, 0.05) is 15.7 Å². The van der Waals surface area contributed by atoms with Gasteiger partial charge in [0.2, 0.25) is 5.91 Å². The summed E-state index contributed by atoms with van der Waals surface area (Å²) in [5.74, 6) is -0.0949. The van der Waals surface area contributed by atoms with Crippen molar-refractivity contribution in [1.29, 1.82) is 0 Å². The molecule has 0 aliphatic carbocycles. The molecule has 0 saturated heterocycles. The first kappa shape index (κ1) is 14.9. The smallest absolute Gasteiger partial charge is 0.228 e. The molecule has 2 rings (SSSR count). The van der Waals surface area contributed by atoms with Gasteiger partial charge < -0.3 is 5.32 Å². The molecule has 0 aliphatic rings. The van der Waals surface area contributed by atoms with Crippen LogP contribution in [0.5, 0.6) is 0 Å². The maximum Gasteiger partial charge on any atom is 0.228 e. The standard InChI is InChI=1S/C16H15Cl2NO/c1-2-11-4-3-5-14(8-11)19-16(20)9-12-6-7-13(17)10-15(12)18/h3-8,10H,2,9H2,1H3,(H,19,20). The predicted octanol–water partition coefficient (Wildman–Crippen LogP) is 4.74. The van der Waals surface area contributed by atoms with Crippen LogP contribution in [0, 0.1) is 0 Å². The van der Waals surface area contributed by atoms with Gasteiger partial charge in [0.25, 0.3) is 0 Å². The van der Waals surface area contributed by atoms with Crippen molar-refractivity contribution in [2.75, 3.05) is 5.32 Å². The largest absolute Gasteiger partial charge is 0.326 e. The summed E-state index contributed by atoms with van der Waals surface area (Å²) in [5, 5.41) is 3.95. The number of hydrogen-bond acceptors (Lipinski definition) is 1. The van der Waals surface area contributed by atoms with Crippen LogP contribution in [0.1, 0.15) is 18.1 Å². The van der Waals surface area contributed by atoms with Crippen molar-refractivity contribution >= 4 is 34.8 Å². The summed E-state index contributed by atoms with van der Waals surface area (Å²) in [6.45, 7) is 2.08. The van der Waals surface area contributed by atoms with E-state index >= 15 is 0 Å². The lowest BCUT2D eigenvalue weighted by Crippen LogP contribution is -2.14. The number of anilines is 1. The summed E-state index contributed by atoms with van der Waals surface area (Å²) in [4.78, 5) is 12.0. The highest BCUT2D eigenvalue weighted by Crippen LogP contribution is 2.21. The van der Waals surface area contributed by atoms with E-state index in [4.69, 9.17) is 23.2 Å². The molecule has 0 fully saturated rings. The molecule has 0 spiro atoms. The Morgan fingerprint density at radius 1 is 1.15 bits per heavy atom. The van der Waals surface area contributed by atoms with Crippen LogP contribution in [0.4, 0.5) is 5.69 Å². The summed E-state index contributed by atoms with van der Waals surface area (Å²) in [7, 11) is 0. The zero-order valence-corrected chi connectivity index (χ0v) is 12.6. The molecule has 0 atom stereocenters. The van der Waals surface area contributed by atoms with Gasteiger partial charge in [-0.15, -0.1) is 0 Å². The summed E-state index contributed by atoms with van der Waals surface area (Å²) in [6.07, 6.45) is 1.17. The van der Waals surface area contributed by atoms with Gasteiger partial charge in [-0.2, -0.15) is 0 Å². The van der Waals surface area contributed by atoms with E-state index in [1.165, 1.54) is 5.56 Å². The molecule has 0 unspecified atom stereocenters. The Bertz CT molecular complexity index is 626. The average molecular weight is 308 g/mol. The normalized spacial score (nSPS) is 10.3. The second-order valence-electron chi connectivity index (χ2n) is 4.51. The predicted molar refractivity (Wildman–Crippen MR) is 84.6 cm³/mol. The fraction of sp³-hybridized carbons (Fsp3) is 0.188. The highest BCUT2D eigenvalue weighted by molar-refractivity contribution is 6.35. The first-order chi connectivity index (χ1) is 9.58. The molecule has 0 heterocycles. The minimum atomic E-state index is -0.0949. The van der Waals surface area contributed by atoms with Gasteiger partial charge in [-0.3, -0.25) is 4.79 Å².